The van der Waals surface area contributed by atoms with Gasteiger partial charge < -0.3 is 0 Å². The van der Waals surface area contributed by atoms with Gasteiger partial charge in [-0.15, -0.1) is 0 Å². The largest absolute Gasteiger partial charge is 0.298 e. The van der Waals surface area contributed by atoms with Gasteiger partial charge in [-0.2, -0.15) is 0 Å². The first-order valence-electron chi connectivity index (χ1n) is 5.84. The van der Waals surface area contributed by atoms with E-state index in [9.17, 15) is 4.79 Å². The van der Waals surface area contributed by atoms with Crippen LogP contribution < -0.4 is 0 Å². The molecule has 2 saturated carbocycles. The van der Waals surface area contributed by atoms with Gasteiger partial charge in [0.15, 0.2) is 0 Å². The fraction of sp³-hybridized carbons (Fsp3) is 0.769. The first-order chi connectivity index (χ1) is 6.59. The van der Waals surface area contributed by atoms with Crippen molar-refractivity contribution in [1.29, 1.82) is 0 Å². The molecule has 1 nitrogen and oxygen atoms in total. The Hall–Kier alpha value is -0.590. The minimum atomic E-state index is -0.140. The second kappa shape index (κ2) is 2.50. The molecular weight excluding hydrogens is 172 g/mol. The van der Waals surface area contributed by atoms with Crippen LogP contribution in [0.25, 0.3) is 0 Å². The summed E-state index contributed by atoms with van der Waals surface area (Å²) in [5.74, 6) is 2.48. The maximum absolute atomic E-state index is 12.2. The number of allylic oxidation sites excluding steroid dienone is 2. The van der Waals surface area contributed by atoms with Crippen LogP contribution in [0.3, 0.4) is 0 Å². The monoisotopic (exact) mass is 190 g/mol. The van der Waals surface area contributed by atoms with Crippen molar-refractivity contribution in [2.45, 2.75) is 39.5 Å². The molecule has 76 valence electrons. The molecule has 14 heavy (non-hydrogen) atoms. The van der Waals surface area contributed by atoms with Crippen molar-refractivity contribution >= 4 is 5.78 Å². The lowest BCUT2D eigenvalue weighted by Crippen LogP contribution is -2.47. The van der Waals surface area contributed by atoms with E-state index in [0.29, 0.717) is 11.7 Å². The third-order valence-corrected chi connectivity index (χ3v) is 4.62. The van der Waals surface area contributed by atoms with Gasteiger partial charge in [0.25, 0.3) is 0 Å². The molecule has 0 aromatic heterocycles. The van der Waals surface area contributed by atoms with Crippen molar-refractivity contribution in [3.63, 3.8) is 0 Å². The van der Waals surface area contributed by atoms with Crippen LogP contribution in [-0.4, -0.2) is 5.78 Å². The third-order valence-electron chi connectivity index (χ3n) is 4.62. The molecule has 0 aromatic rings. The van der Waals surface area contributed by atoms with Crippen LogP contribution in [0, 0.1) is 23.2 Å². The zero-order valence-electron chi connectivity index (χ0n) is 9.05. The minimum Gasteiger partial charge on any atom is -0.298 e. The standard InChI is InChI=1S/C13H18O/c1-13(2)11-4-3-8-5-9(11)7-10(6-8)12(13)14/h4,8-10H,3,5-7H2,1-2H3/t8-,9+,10-/m0/s1. The average molecular weight is 190 g/mol. The van der Waals surface area contributed by atoms with Gasteiger partial charge in [-0.3, -0.25) is 4.79 Å². The summed E-state index contributed by atoms with van der Waals surface area (Å²) >= 11 is 0. The fourth-order valence-electron chi connectivity index (χ4n) is 3.98. The molecule has 3 aliphatic carbocycles. The second-order valence-corrected chi connectivity index (χ2v) is 5.85. The molecule has 0 N–H and O–H groups in total. The zero-order valence-corrected chi connectivity index (χ0v) is 9.05. The number of fused-ring (bicyclic) bond motifs is 2. The van der Waals surface area contributed by atoms with Gasteiger partial charge in [0.2, 0.25) is 0 Å². The highest BCUT2D eigenvalue weighted by molar-refractivity contribution is 5.91. The molecule has 0 unspecified atom stereocenters. The molecule has 0 aliphatic heterocycles. The normalized spacial score (nSPS) is 43.7. The van der Waals surface area contributed by atoms with Crippen LogP contribution in [0.15, 0.2) is 11.6 Å². The number of carbonyl (C=O) groups excluding carboxylic acids is 1. The Balaban J connectivity index is 2.12. The lowest BCUT2D eigenvalue weighted by molar-refractivity contribution is -0.135. The summed E-state index contributed by atoms with van der Waals surface area (Å²) < 4.78 is 0. The van der Waals surface area contributed by atoms with Gasteiger partial charge in [-0.05, 0) is 51.4 Å². The predicted molar refractivity (Wildman–Crippen MR) is 55.8 cm³/mol. The summed E-state index contributed by atoms with van der Waals surface area (Å²) in [7, 11) is 0. The lowest BCUT2D eigenvalue weighted by Gasteiger charge is -2.50. The molecule has 0 amide bonds. The fourth-order valence-corrected chi connectivity index (χ4v) is 3.98. The van der Waals surface area contributed by atoms with Crippen LogP contribution >= 0.6 is 0 Å². The first kappa shape index (κ1) is 8.70. The van der Waals surface area contributed by atoms with Crippen LogP contribution in [0.4, 0.5) is 0 Å². The second-order valence-electron chi connectivity index (χ2n) is 5.85. The molecular formula is C13H18O. The molecule has 0 heterocycles. The van der Waals surface area contributed by atoms with Crippen molar-refractivity contribution in [3.8, 4) is 0 Å². The Labute approximate surface area is 85.6 Å². The predicted octanol–water partition coefficient (Wildman–Crippen LogP) is 2.96. The maximum Gasteiger partial charge on any atom is 0.145 e. The van der Waals surface area contributed by atoms with E-state index in [1.165, 1.54) is 24.8 Å². The molecule has 1 heteroatoms. The van der Waals surface area contributed by atoms with E-state index >= 15 is 0 Å². The van der Waals surface area contributed by atoms with Crippen LogP contribution in [0.1, 0.15) is 39.5 Å². The molecule has 3 atom stereocenters. The summed E-state index contributed by atoms with van der Waals surface area (Å²) in [5.41, 5.74) is 1.33. The average Bonchev–Trinajstić information content (AvgIpc) is 2.14. The smallest absolute Gasteiger partial charge is 0.145 e. The van der Waals surface area contributed by atoms with Crippen LogP contribution in [0.5, 0.6) is 0 Å². The Kier molecular flexibility index (Phi) is 1.55. The SMILES string of the molecule is CC1(C)C(=O)[C@H]2C[C@H]3CC=C1[C@H](C3)C2. The van der Waals surface area contributed by atoms with Gasteiger partial charge in [-0.1, -0.05) is 11.6 Å². The topological polar surface area (TPSA) is 17.1 Å². The van der Waals surface area contributed by atoms with Gasteiger partial charge in [0.05, 0.1) is 0 Å². The van der Waals surface area contributed by atoms with Crippen molar-refractivity contribution in [3.05, 3.63) is 11.6 Å². The maximum atomic E-state index is 12.2. The molecule has 0 aromatic carbocycles. The number of rotatable bonds is 0. The van der Waals surface area contributed by atoms with E-state index in [-0.39, 0.29) is 5.41 Å². The summed E-state index contributed by atoms with van der Waals surface area (Å²) in [6.45, 7) is 4.26. The molecule has 0 saturated heterocycles. The Morgan fingerprint density at radius 1 is 1.21 bits per heavy atom. The number of hydrogen-bond acceptors (Lipinski definition) is 1. The van der Waals surface area contributed by atoms with E-state index in [2.05, 4.69) is 19.9 Å². The molecule has 3 bridgehead atoms. The lowest BCUT2D eigenvalue weighted by atomic mass is 9.53. The quantitative estimate of drug-likeness (QED) is 0.537. The van der Waals surface area contributed by atoms with Crippen molar-refractivity contribution in [1.82, 2.24) is 0 Å². The van der Waals surface area contributed by atoms with Gasteiger partial charge in [0.1, 0.15) is 5.78 Å². The Bertz CT molecular complexity index is 324. The number of carbonyl (C=O) groups is 1. The first-order valence-corrected chi connectivity index (χ1v) is 5.84. The molecule has 2 fully saturated rings. The highest BCUT2D eigenvalue weighted by atomic mass is 16.1. The summed E-state index contributed by atoms with van der Waals surface area (Å²) in [4.78, 5) is 12.2. The Morgan fingerprint density at radius 3 is 2.71 bits per heavy atom. The summed E-state index contributed by atoms with van der Waals surface area (Å²) in [6, 6.07) is 0. The highest BCUT2D eigenvalue weighted by Crippen LogP contribution is 2.54. The summed E-state index contributed by atoms with van der Waals surface area (Å²) in [5, 5.41) is 0. The van der Waals surface area contributed by atoms with Crippen molar-refractivity contribution in [2.75, 3.05) is 0 Å². The molecule has 0 radical (unpaired) electrons. The highest BCUT2D eigenvalue weighted by Gasteiger charge is 2.50. The van der Waals surface area contributed by atoms with Gasteiger partial charge in [0, 0.05) is 11.3 Å². The van der Waals surface area contributed by atoms with E-state index < -0.39 is 0 Å². The number of hydrogen-bond donors (Lipinski definition) is 0. The van der Waals surface area contributed by atoms with Crippen molar-refractivity contribution in [2.24, 2.45) is 23.2 Å². The minimum absolute atomic E-state index is 0.140. The van der Waals surface area contributed by atoms with E-state index in [1.54, 1.807) is 0 Å². The third kappa shape index (κ3) is 0.933. The zero-order chi connectivity index (χ0) is 9.92. The van der Waals surface area contributed by atoms with E-state index in [1.807, 2.05) is 0 Å². The van der Waals surface area contributed by atoms with E-state index in [4.69, 9.17) is 0 Å². The van der Waals surface area contributed by atoms with Crippen LogP contribution in [0.2, 0.25) is 0 Å². The van der Waals surface area contributed by atoms with E-state index in [0.717, 1.165) is 18.3 Å². The Morgan fingerprint density at radius 2 is 1.93 bits per heavy atom. The summed E-state index contributed by atoms with van der Waals surface area (Å²) in [6.07, 6.45) is 7.30. The molecule has 3 rings (SSSR count). The van der Waals surface area contributed by atoms with Gasteiger partial charge in [-0.25, -0.2) is 0 Å². The van der Waals surface area contributed by atoms with Gasteiger partial charge >= 0.3 is 0 Å². The number of ketones is 1. The molecule has 0 spiro atoms. The number of Topliss-reactive ketones (excluding diaryl/α,β-unsaturated/α-hetero) is 1. The molecule has 3 aliphatic rings. The van der Waals surface area contributed by atoms with Crippen LogP contribution in [-0.2, 0) is 4.79 Å². The van der Waals surface area contributed by atoms with Crippen molar-refractivity contribution < 1.29 is 4.79 Å².